The Morgan fingerprint density at radius 3 is 1.85 bits per heavy atom. The smallest absolute Gasteiger partial charge is 0.311 e. The van der Waals surface area contributed by atoms with Crippen LogP contribution in [0, 0.1) is 0 Å². The maximum Gasteiger partial charge on any atom is 0.311 e. The molecule has 0 amide bonds. The van der Waals surface area contributed by atoms with Crippen LogP contribution in [0.1, 0.15) is 84.0 Å². The summed E-state index contributed by atoms with van der Waals surface area (Å²) in [7, 11) is 0. The van der Waals surface area contributed by atoms with Crippen molar-refractivity contribution in [3.63, 3.8) is 0 Å². The molecule has 0 saturated heterocycles. The van der Waals surface area contributed by atoms with Crippen LogP contribution in [0.4, 0.5) is 0 Å². The number of carbonyl (C=O) groups is 2. The SMILES string of the molecule is CCCCCCCCCCCCOC(=O)CCC(=O)Oc1ccccc1.[Na]. The zero-order valence-corrected chi connectivity index (χ0v) is 19.2. The third-order valence-corrected chi connectivity index (χ3v) is 4.27. The van der Waals surface area contributed by atoms with Crippen molar-refractivity contribution in [1.82, 2.24) is 0 Å². The Hall–Kier alpha value is -0.840. The van der Waals surface area contributed by atoms with E-state index >= 15 is 0 Å². The zero-order chi connectivity index (χ0) is 18.9. The fraction of sp³-hybridized carbons (Fsp3) is 0.636. The first-order valence-electron chi connectivity index (χ1n) is 10.1. The first kappa shape index (κ1) is 26.2. The molecule has 0 saturated carbocycles. The van der Waals surface area contributed by atoms with Gasteiger partial charge >= 0.3 is 11.9 Å². The summed E-state index contributed by atoms with van der Waals surface area (Å²) in [5.74, 6) is -0.241. The summed E-state index contributed by atoms with van der Waals surface area (Å²) in [5.41, 5.74) is 0. The van der Waals surface area contributed by atoms with E-state index in [2.05, 4.69) is 6.92 Å². The molecule has 0 fully saturated rings. The number of rotatable bonds is 15. The van der Waals surface area contributed by atoms with E-state index in [0.717, 1.165) is 12.8 Å². The van der Waals surface area contributed by atoms with Crippen LogP contribution in [0.3, 0.4) is 0 Å². The van der Waals surface area contributed by atoms with Crippen LogP contribution in [-0.4, -0.2) is 48.1 Å². The van der Waals surface area contributed by atoms with Crippen LogP contribution < -0.4 is 4.74 Å². The predicted octanol–water partition coefficient (Wildman–Crippen LogP) is 5.46. The van der Waals surface area contributed by atoms with Gasteiger partial charge < -0.3 is 9.47 Å². The maximum absolute atomic E-state index is 11.6. The van der Waals surface area contributed by atoms with Gasteiger partial charge in [0.1, 0.15) is 5.75 Å². The Labute approximate surface area is 186 Å². The van der Waals surface area contributed by atoms with Crippen LogP contribution in [0.5, 0.6) is 5.75 Å². The minimum Gasteiger partial charge on any atom is -0.466 e. The van der Waals surface area contributed by atoms with Gasteiger partial charge in [-0.2, -0.15) is 0 Å². The molecule has 0 atom stereocenters. The van der Waals surface area contributed by atoms with E-state index < -0.39 is 5.97 Å². The van der Waals surface area contributed by atoms with Crippen molar-refractivity contribution in [3.8, 4) is 5.75 Å². The normalized spacial score (nSPS) is 10.1. The van der Waals surface area contributed by atoms with Gasteiger partial charge in [0.2, 0.25) is 0 Å². The first-order chi connectivity index (χ1) is 12.7. The van der Waals surface area contributed by atoms with Crippen molar-refractivity contribution in [2.24, 2.45) is 0 Å². The monoisotopic (exact) mass is 385 g/mol. The van der Waals surface area contributed by atoms with E-state index in [1.54, 1.807) is 24.3 Å². The second-order valence-electron chi connectivity index (χ2n) is 6.69. The van der Waals surface area contributed by atoms with E-state index in [0.29, 0.717) is 12.4 Å². The quantitative estimate of drug-likeness (QED) is 0.174. The van der Waals surface area contributed by atoms with Crippen molar-refractivity contribution < 1.29 is 19.1 Å². The van der Waals surface area contributed by atoms with E-state index in [1.807, 2.05) is 6.07 Å². The Kier molecular flexibility index (Phi) is 17.9. The first-order valence-corrected chi connectivity index (χ1v) is 10.1. The number of benzene rings is 1. The number of unbranched alkanes of at least 4 members (excludes halogenated alkanes) is 9. The van der Waals surface area contributed by atoms with Gasteiger partial charge in [-0.25, -0.2) is 0 Å². The van der Waals surface area contributed by atoms with Gasteiger partial charge in [-0.1, -0.05) is 82.9 Å². The van der Waals surface area contributed by atoms with Gasteiger partial charge in [-0.3, -0.25) is 9.59 Å². The molecule has 147 valence electrons. The van der Waals surface area contributed by atoms with Crippen LogP contribution in [0.25, 0.3) is 0 Å². The van der Waals surface area contributed by atoms with Crippen molar-refractivity contribution in [2.75, 3.05) is 6.61 Å². The average molecular weight is 386 g/mol. The minimum atomic E-state index is -0.410. The molecule has 1 aromatic rings. The zero-order valence-electron chi connectivity index (χ0n) is 17.2. The molecule has 0 heterocycles. The van der Waals surface area contributed by atoms with E-state index in [4.69, 9.17) is 9.47 Å². The number of hydrogen-bond donors (Lipinski definition) is 0. The molecule has 1 aromatic carbocycles. The molecular weight excluding hydrogens is 351 g/mol. The molecule has 5 heteroatoms. The number of ether oxygens (including phenoxy) is 2. The van der Waals surface area contributed by atoms with Crippen LogP contribution >= 0.6 is 0 Å². The third kappa shape index (κ3) is 15.9. The van der Waals surface area contributed by atoms with Crippen LogP contribution in [0.15, 0.2) is 30.3 Å². The van der Waals surface area contributed by atoms with E-state index in [-0.39, 0.29) is 48.4 Å². The van der Waals surface area contributed by atoms with Crippen molar-refractivity contribution >= 4 is 41.5 Å². The third-order valence-electron chi connectivity index (χ3n) is 4.27. The fourth-order valence-corrected chi connectivity index (χ4v) is 2.72. The molecule has 1 radical (unpaired) electrons. The van der Waals surface area contributed by atoms with Gasteiger partial charge in [0.05, 0.1) is 19.4 Å². The number of esters is 2. The molecule has 0 bridgehead atoms. The van der Waals surface area contributed by atoms with Gasteiger partial charge in [0, 0.05) is 29.6 Å². The minimum absolute atomic E-state index is 0. The molecule has 0 aliphatic heterocycles. The summed E-state index contributed by atoms with van der Waals surface area (Å²) >= 11 is 0. The van der Waals surface area contributed by atoms with E-state index in [1.165, 1.54) is 51.4 Å². The molecular formula is C22H34NaO4. The summed E-state index contributed by atoms with van der Waals surface area (Å²) in [6, 6.07) is 8.86. The number of para-hydroxylation sites is 1. The Balaban J connectivity index is 0.00000676. The second-order valence-corrected chi connectivity index (χ2v) is 6.69. The second kappa shape index (κ2) is 18.5. The summed E-state index contributed by atoms with van der Waals surface area (Å²) in [6.07, 6.45) is 12.6. The molecule has 27 heavy (non-hydrogen) atoms. The Bertz CT molecular complexity index is 490. The number of hydrogen-bond acceptors (Lipinski definition) is 4. The molecule has 4 nitrogen and oxygen atoms in total. The Morgan fingerprint density at radius 2 is 1.26 bits per heavy atom. The van der Waals surface area contributed by atoms with Crippen LogP contribution in [0.2, 0.25) is 0 Å². The van der Waals surface area contributed by atoms with Crippen molar-refractivity contribution in [3.05, 3.63) is 30.3 Å². The van der Waals surface area contributed by atoms with E-state index in [9.17, 15) is 9.59 Å². The van der Waals surface area contributed by atoms with Crippen LogP contribution in [-0.2, 0) is 14.3 Å². The standard InChI is InChI=1S/C22H34O4.Na/c1-2-3-4-5-6-7-8-9-10-14-19-25-21(23)17-18-22(24)26-20-15-12-11-13-16-20;/h11-13,15-16H,2-10,14,17-19H2,1H3;. The molecule has 0 aliphatic carbocycles. The summed E-state index contributed by atoms with van der Waals surface area (Å²) < 4.78 is 10.3. The molecule has 0 spiro atoms. The van der Waals surface area contributed by atoms with Gasteiger partial charge in [0.25, 0.3) is 0 Å². The summed E-state index contributed by atoms with van der Waals surface area (Å²) in [4.78, 5) is 23.3. The predicted molar refractivity (Wildman–Crippen MR) is 110 cm³/mol. The van der Waals surface area contributed by atoms with Crippen molar-refractivity contribution in [1.29, 1.82) is 0 Å². The Morgan fingerprint density at radius 1 is 0.741 bits per heavy atom. The summed E-state index contributed by atoms with van der Waals surface area (Å²) in [6.45, 7) is 2.69. The fourth-order valence-electron chi connectivity index (χ4n) is 2.72. The topological polar surface area (TPSA) is 52.6 Å². The summed E-state index contributed by atoms with van der Waals surface area (Å²) in [5, 5.41) is 0. The van der Waals surface area contributed by atoms with Gasteiger partial charge in [-0.05, 0) is 18.6 Å². The van der Waals surface area contributed by atoms with Gasteiger partial charge in [0.15, 0.2) is 0 Å². The molecule has 1 rings (SSSR count). The molecule has 0 unspecified atom stereocenters. The number of carbonyl (C=O) groups excluding carboxylic acids is 2. The van der Waals surface area contributed by atoms with Gasteiger partial charge in [-0.15, -0.1) is 0 Å². The molecule has 0 N–H and O–H groups in total. The average Bonchev–Trinajstić information content (AvgIpc) is 2.65. The van der Waals surface area contributed by atoms with Crippen molar-refractivity contribution in [2.45, 2.75) is 84.0 Å². The largest absolute Gasteiger partial charge is 0.466 e. The maximum atomic E-state index is 11.6. The molecule has 0 aliphatic rings. The molecule has 0 aromatic heterocycles.